The van der Waals surface area contributed by atoms with E-state index < -0.39 is 0 Å². The second kappa shape index (κ2) is 11.1. The van der Waals surface area contributed by atoms with Gasteiger partial charge in [-0.25, -0.2) is 0 Å². The van der Waals surface area contributed by atoms with E-state index in [0.29, 0.717) is 46.9 Å². The average Bonchev–Trinajstić information content (AvgIpc) is 3.05. The van der Waals surface area contributed by atoms with Crippen LogP contribution in [0, 0.1) is 0 Å². The van der Waals surface area contributed by atoms with E-state index >= 15 is 0 Å². The number of carbonyl (C=O) groups is 1. The van der Waals surface area contributed by atoms with Crippen LogP contribution in [0.2, 0.25) is 0 Å². The number of thiocarbonyl (C=S) groups is 1. The van der Waals surface area contributed by atoms with E-state index in [2.05, 4.69) is 32.9 Å². The van der Waals surface area contributed by atoms with Crippen LogP contribution < -0.4 is 14.2 Å². The third-order valence-electron chi connectivity index (χ3n) is 5.23. The van der Waals surface area contributed by atoms with Crippen molar-refractivity contribution in [1.82, 2.24) is 4.90 Å². The van der Waals surface area contributed by atoms with Crippen LogP contribution in [0.3, 0.4) is 0 Å². The normalized spacial score (nSPS) is 15.3. The molecule has 0 aliphatic carbocycles. The summed E-state index contributed by atoms with van der Waals surface area (Å²) in [6.45, 7) is 10.0. The maximum atomic E-state index is 12.6. The summed E-state index contributed by atoms with van der Waals surface area (Å²) < 4.78 is 18.0. The number of ether oxygens (including phenoxy) is 3. The molecule has 1 heterocycles. The summed E-state index contributed by atoms with van der Waals surface area (Å²) in [6, 6.07) is 13.9. The predicted molar refractivity (Wildman–Crippen MR) is 139 cm³/mol. The molecule has 0 bridgehead atoms. The van der Waals surface area contributed by atoms with Crippen LogP contribution in [-0.4, -0.2) is 42.0 Å². The number of thioether (sulfide) groups is 1. The van der Waals surface area contributed by atoms with Crippen LogP contribution in [0.1, 0.15) is 45.2 Å². The Bertz CT molecular complexity index is 1030. The van der Waals surface area contributed by atoms with Gasteiger partial charge in [0, 0.05) is 18.5 Å². The van der Waals surface area contributed by atoms with Crippen LogP contribution in [0.4, 0.5) is 0 Å². The Morgan fingerprint density at radius 2 is 1.76 bits per heavy atom. The summed E-state index contributed by atoms with van der Waals surface area (Å²) in [5, 5.41) is 0. The van der Waals surface area contributed by atoms with Gasteiger partial charge in [-0.15, -0.1) is 0 Å². The van der Waals surface area contributed by atoms with Gasteiger partial charge in [-0.3, -0.25) is 9.69 Å². The maximum Gasteiger partial charge on any atom is 0.266 e. The molecular weight excluding hydrogens is 454 g/mol. The Morgan fingerprint density at radius 3 is 2.36 bits per heavy atom. The summed E-state index contributed by atoms with van der Waals surface area (Å²) in [5.41, 5.74) is 2.18. The topological polar surface area (TPSA) is 48.0 Å². The number of hydrogen-bond donors (Lipinski definition) is 0. The van der Waals surface area contributed by atoms with Crippen LogP contribution >= 0.6 is 24.0 Å². The summed E-state index contributed by atoms with van der Waals surface area (Å²) in [6.07, 6.45) is 2.52. The molecule has 2 aromatic rings. The lowest BCUT2D eigenvalue weighted by molar-refractivity contribution is -0.121. The highest BCUT2D eigenvalue weighted by molar-refractivity contribution is 8.26. The van der Waals surface area contributed by atoms with Crippen LogP contribution in [0.25, 0.3) is 6.08 Å². The van der Waals surface area contributed by atoms with E-state index in [0.717, 1.165) is 11.3 Å². The Hall–Kier alpha value is -2.51. The fourth-order valence-corrected chi connectivity index (χ4v) is 4.72. The molecule has 0 saturated carbocycles. The number of rotatable bonds is 9. The van der Waals surface area contributed by atoms with Crippen molar-refractivity contribution < 1.29 is 19.0 Å². The lowest BCUT2D eigenvalue weighted by atomic mass is 9.87. The first-order chi connectivity index (χ1) is 15.7. The summed E-state index contributed by atoms with van der Waals surface area (Å²) in [5.74, 6) is 2.00. The molecule has 1 aliphatic rings. The molecule has 3 rings (SSSR count). The van der Waals surface area contributed by atoms with Crippen molar-refractivity contribution in [2.24, 2.45) is 0 Å². The Balaban J connectivity index is 1.61. The molecule has 33 heavy (non-hydrogen) atoms. The molecule has 1 saturated heterocycles. The standard InChI is InChI=1S/C26H31NO4S2/c1-6-27-24(28)22(33-25(27)32)17-18-9-7-10-21(29-5)23(18)31-16-8-15-30-20-13-11-19(12-14-20)26(2,3)4/h7,9-14,17H,6,8,15-16H2,1-5H3. The average molecular weight is 486 g/mol. The monoisotopic (exact) mass is 485 g/mol. The number of methoxy groups -OCH3 is 1. The van der Waals surface area contributed by atoms with E-state index in [1.54, 1.807) is 12.0 Å². The van der Waals surface area contributed by atoms with Gasteiger partial charge in [0.05, 0.1) is 25.2 Å². The molecule has 1 fully saturated rings. The summed E-state index contributed by atoms with van der Waals surface area (Å²) in [7, 11) is 1.60. The van der Waals surface area contributed by atoms with Gasteiger partial charge in [-0.1, -0.05) is 69.0 Å². The van der Waals surface area contributed by atoms with Crippen molar-refractivity contribution in [3.8, 4) is 17.2 Å². The van der Waals surface area contributed by atoms with Crippen LogP contribution in [-0.2, 0) is 10.2 Å². The first kappa shape index (κ1) is 25.1. The van der Waals surface area contributed by atoms with Gasteiger partial charge in [0.2, 0.25) is 0 Å². The van der Waals surface area contributed by atoms with Gasteiger partial charge in [0.1, 0.15) is 10.1 Å². The fourth-order valence-electron chi connectivity index (χ4n) is 3.35. The smallest absolute Gasteiger partial charge is 0.266 e. The van der Waals surface area contributed by atoms with E-state index in [4.69, 9.17) is 26.4 Å². The first-order valence-electron chi connectivity index (χ1n) is 11.0. The molecule has 0 unspecified atom stereocenters. The van der Waals surface area contributed by atoms with E-state index in [1.165, 1.54) is 17.3 Å². The van der Waals surface area contributed by atoms with Gasteiger partial charge >= 0.3 is 0 Å². The molecule has 5 nitrogen and oxygen atoms in total. The number of benzene rings is 2. The first-order valence-corrected chi connectivity index (χ1v) is 12.3. The van der Waals surface area contributed by atoms with E-state index in [1.807, 2.05) is 43.3 Å². The van der Waals surface area contributed by atoms with Crippen LogP contribution in [0.15, 0.2) is 47.4 Å². The molecule has 1 amide bonds. The van der Waals surface area contributed by atoms with E-state index in [-0.39, 0.29) is 11.3 Å². The molecule has 2 aromatic carbocycles. The minimum atomic E-state index is -0.0767. The molecule has 7 heteroatoms. The van der Waals surface area contributed by atoms with Gasteiger partial charge in [0.25, 0.3) is 5.91 Å². The molecule has 176 valence electrons. The fraction of sp³-hybridized carbons (Fsp3) is 0.385. The summed E-state index contributed by atoms with van der Waals surface area (Å²) >= 11 is 6.62. The highest BCUT2D eigenvalue weighted by atomic mass is 32.2. The number of hydrogen-bond acceptors (Lipinski definition) is 6. The van der Waals surface area contributed by atoms with Crippen molar-refractivity contribution in [2.45, 2.75) is 39.5 Å². The Kier molecular flexibility index (Phi) is 8.43. The van der Waals surface area contributed by atoms with Gasteiger partial charge in [0.15, 0.2) is 11.5 Å². The molecular formula is C26H31NO4S2. The van der Waals surface area contributed by atoms with Crippen molar-refractivity contribution >= 4 is 40.3 Å². The largest absolute Gasteiger partial charge is 0.493 e. The van der Waals surface area contributed by atoms with E-state index in [9.17, 15) is 4.79 Å². The predicted octanol–water partition coefficient (Wildman–Crippen LogP) is 6.06. The minimum Gasteiger partial charge on any atom is -0.493 e. The Morgan fingerprint density at radius 1 is 1.06 bits per heavy atom. The molecule has 0 aromatic heterocycles. The van der Waals surface area contributed by atoms with Gasteiger partial charge in [-0.2, -0.15) is 0 Å². The Labute approximate surface area is 206 Å². The second-order valence-corrected chi connectivity index (χ2v) is 10.3. The van der Waals surface area contributed by atoms with Crippen LogP contribution in [0.5, 0.6) is 17.2 Å². The highest BCUT2D eigenvalue weighted by Crippen LogP contribution is 2.37. The number of nitrogens with zero attached hydrogens (tertiary/aromatic N) is 1. The number of likely N-dealkylation sites (N-methyl/N-ethyl adjacent to an activating group) is 1. The maximum absolute atomic E-state index is 12.6. The molecule has 0 radical (unpaired) electrons. The highest BCUT2D eigenvalue weighted by Gasteiger charge is 2.31. The number of carbonyl (C=O) groups excluding carboxylic acids is 1. The van der Waals surface area contributed by atoms with Crippen molar-refractivity contribution in [3.63, 3.8) is 0 Å². The summed E-state index contributed by atoms with van der Waals surface area (Å²) in [4.78, 5) is 14.8. The lowest BCUT2D eigenvalue weighted by Gasteiger charge is -2.19. The molecule has 1 aliphatic heterocycles. The third-order valence-corrected chi connectivity index (χ3v) is 6.61. The second-order valence-electron chi connectivity index (χ2n) is 8.63. The lowest BCUT2D eigenvalue weighted by Crippen LogP contribution is -2.27. The SMILES string of the molecule is CCN1C(=O)C(=Cc2cccc(OC)c2OCCCOc2ccc(C(C)(C)C)cc2)SC1=S. The van der Waals surface area contributed by atoms with Gasteiger partial charge in [-0.05, 0) is 42.2 Å². The molecule has 0 atom stereocenters. The zero-order valence-corrected chi connectivity index (χ0v) is 21.5. The van der Waals surface area contributed by atoms with Crippen molar-refractivity contribution in [1.29, 1.82) is 0 Å². The van der Waals surface area contributed by atoms with Gasteiger partial charge < -0.3 is 14.2 Å². The number of para-hydroxylation sites is 1. The molecule has 0 N–H and O–H groups in total. The van der Waals surface area contributed by atoms with Crippen molar-refractivity contribution in [3.05, 3.63) is 58.5 Å². The molecule has 0 spiro atoms. The zero-order chi connectivity index (χ0) is 24.0. The minimum absolute atomic E-state index is 0.0767. The van der Waals surface area contributed by atoms with Crippen molar-refractivity contribution in [2.75, 3.05) is 26.9 Å². The third kappa shape index (κ3) is 6.30. The quantitative estimate of drug-likeness (QED) is 0.244. The number of amides is 1. The zero-order valence-electron chi connectivity index (χ0n) is 19.8.